The number of carbonyl (C=O) groups excluding carboxylic acids is 2. The number of ether oxygens (including phenoxy) is 1. The molecule has 27 heavy (non-hydrogen) atoms. The van der Waals surface area contributed by atoms with Crippen LogP contribution < -0.4 is 4.74 Å². The molecule has 3 rings (SSSR count). The minimum atomic E-state index is -0.418. The lowest BCUT2D eigenvalue weighted by atomic mass is 9.98. The second-order valence-corrected chi connectivity index (χ2v) is 6.85. The molecule has 0 unspecified atom stereocenters. The van der Waals surface area contributed by atoms with Crippen LogP contribution in [0, 0.1) is 0 Å². The molecule has 1 heterocycles. The maximum atomic E-state index is 12.6. The second kappa shape index (κ2) is 8.25. The average Bonchev–Trinajstić information content (AvgIpc) is 2.71. The molecule has 0 aromatic heterocycles. The summed E-state index contributed by atoms with van der Waals surface area (Å²) in [5, 5.41) is 0. The average molecular weight is 366 g/mol. The second-order valence-electron chi connectivity index (χ2n) is 6.85. The summed E-state index contributed by atoms with van der Waals surface area (Å²) in [5.41, 5.74) is 3.22. The van der Waals surface area contributed by atoms with Gasteiger partial charge in [0.05, 0.1) is 7.11 Å². The van der Waals surface area contributed by atoms with E-state index in [-0.39, 0.29) is 11.8 Å². The van der Waals surface area contributed by atoms with E-state index < -0.39 is 6.04 Å². The summed E-state index contributed by atoms with van der Waals surface area (Å²) in [6, 6.07) is 15.7. The Morgan fingerprint density at radius 3 is 2.52 bits per heavy atom. The lowest BCUT2D eigenvalue weighted by Gasteiger charge is -2.39. The Kier molecular flexibility index (Phi) is 5.79. The molecular formula is C22H26N2O3. The highest BCUT2D eigenvalue weighted by Gasteiger charge is 2.35. The number of rotatable bonds is 5. The maximum absolute atomic E-state index is 12.6. The van der Waals surface area contributed by atoms with Crippen molar-refractivity contribution < 1.29 is 14.3 Å². The number of benzene rings is 2. The van der Waals surface area contributed by atoms with Crippen molar-refractivity contribution in [2.75, 3.05) is 27.2 Å². The van der Waals surface area contributed by atoms with Gasteiger partial charge in [-0.05, 0) is 28.8 Å². The largest absolute Gasteiger partial charge is 0.497 e. The zero-order chi connectivity index (χ0) is 19.4. The van der Waals surface area contributed by atoms with Gasteiger partial charge >= 0.3 is 0 Å². The van der Waals surface area contributed by atoms with Crippen LogP contribution in [-0.2, 0) is 16.0 Å². The number of amides is 2. The van der Waals surface area contributed by atoms with Crippen LogP contribution in [-0.4, -0.2) is 54.9 Å². The van der Waals surface area contributed by atoms with Gasteiger partial charge in [0, 0.05) is 33.0 Å². The Hall–Kier alpha value is -2.82. The van der Waals surface area contributed by atoms with E-state index in [1.165, 1.54) is 0 Å². The summed E-state index contributed by atoms with van der Waals surface area (Å²) in [6.07, 6.45) is 0.954. The third-order valence-electron chi connectivity index (χ3n) is 5.12. The van der Waals surface area contributed by atoms with E-state index in [1.807, 2.05) is 55.5 Å². The molecule has 1 atom stereocenters. The highest BCUT2D eigenvalue weighted by atomic mass is 16.5. The molecule has 0 saturated carbocycles. The third kappa shape index (κ3) is 4.13. The topological polar surface area (TPSA) is 49.9 Å². The number of piperazine rings is 1. The first-order valence-electron chi connectivity index (χ1n) is 9.31. The van der Waals surface area contributed by atoms with Crippen LogP contribution in [0.25, 0.3) is 11.1 Å². The fourth-order valence-electron chi connectivity index (χ4n) is 3.47. The van der Waals surface area contributed by atoms with Crippen molar-refractivity contribution >= 4 is 11.8 Å². The monoisotopic (exact) mass is 366 g/mol. The molecule has 1 aliphatic heterocycles. The first-order valence-corrected chi connectivity index (χ1v) is 9.31. The predicted molar refractivity (Wildman–Crippen MR) is 106 cm³/mol. The van der Waals surface area contributed by atoms with Crippen molar-refractivity contribution in [3.63, 3.8) is 0 Å². The molecule has 1 fully saturated rings. The molecule has 0 N–H and O–H groups in total. The molecule has 0 aliphatic carbocycles. The van der Waals surface area contributed by atoms with Crippen LogP contribution in [0.4, 0.5) is 0 Å². The number of hydrogen-bond donors (Lipinski definition) is 0. The highest BCUT2D eigenvalue weighted by molar-refractivity contribution is 5.89. The predicted octanol–water partition coefficient (Wildman–Crippen LogP) is 2.98. The van der Waals surface area contributed by atoms with Gasteiger partial charge in [-0.15, -0.1) is 0 Å². The van der Waals surface area contributed by atoms with Crippen molar-refractivity contribution in [2.45, 2.75) is 25.8 Å². The molecule has 0 spiro atoms. The molecule has 5 nitrogen and oxygen atoms in total. The first-order chi connectivity index (χ1) is 13.0. The number of methoxy groups -OCH3 is 1. The van der Waals surface area contributed by atoms with Crippen molar-refractivity contribution in [3.8, 4) is 16.9 Å². The maximum Gasteiger partial charge on any atom is 0.245 e. The van der Waals surface area contributed by atoms with E-state index in [9.17, 15) is 9.59 Å². The molecule has 0 bridgehead atoms. The quantitative estimate of drug-likeness (QED) is 0.817. The smallest absolute Gasteiger partial charge is 0.245 e. The van der Waals surface area contributed by atoms with E-state index in [1.54, 1.807) is 24.0 Å². The SMILES string of the molecule is CCC(=O)N1CCN(C)C(=O)[C@@H]1Cc1ccc(-c2cccc(OC)c2)cc1. The Morgan fingerprint density at radius 1 is 1.11 bits per heavy atom. The summed E-state index contributed by atoms with van der Waals surface area (Å²) >= 11 is 0. The lowest BCUT2D eigenvalue weighted by Crippen LogP contribution is -2.58. The van der Waals surface area contributed by atoms with Crippen LogP contribution in [0.5, 0.6) is 5.75 Å². The minimum absolute atomic E-state index is 0.0138. The van der Waals surface area contributed by atoms with Crippen molar-refractivity contribution in [3.05, 3.63) is 54.1 Å². The zero-order valence-corrected chi connectivity index (χ0v) is 16.1. The Labute approximate surface area is 160 Å². The first kappa shape index (κ1) is 19.0. The third-order valence-corrected chi connectivity index (χ3v) is 5.12. The van der Waals surface area contributed by atoms with Gasteiger partial charge in [0.1, 0.15) is 11.8 Å². The standard InChI is InChI=1S/C22H26N2O3/c1-4-21(25)24-13-12-23(2)22(26)20(24)14-16-8-10-17(11-9-16)18-6-5-7-19(15-18)27-3/h5-11,15,20H,4,12-14H2,1-3H3/t20-/m0/s1. The highest BCUT2D eigenvalue weighted by Crippen LogP contribution is 2.25. The molecular weight excluding hydrogens is 340 g/mol. The fraction of sp³-hybridized carbons (Fsp3) is 0.364. The van der Waals surface area contributed by atoms with Crippen molar-refractivity contribution in [1.82, 2.24) is 9.80 Å². The molecule has 142 valence electrons. The molecule has 1 saturated heterocycles. The molecule has 2 amide bonds. The summed E-state index contributed by atoms with van der Waals surface area (Å²) < 4.78 is 5.29. The molecule has 2 aromatic rings. The zero-order valence-electron chi connectivity index (χ0n) is 16.1. The summed E-state index contributed by atoms with van der Waals surface area (Å²) in [5.74, 6) is 0.871. The molecule has 0 radical (unpaired) electrons. The van der Waals surface area contributed by atoms with Crippen LogP contribution in [0.15, 0.2) is 48.5 Å². The van der Waals surface area contributed by atoms with Gasteiger partial charge in [-0.25, -0.2) is 0 Å². The molecule has 2 aromatic carbocycles. The van der Waals surface area contributed by atoms with Crippen LogP contribution in [0.2, 0.25) is 0 Å². The fourth-order valence-corrected chi connectivity index (χ4v) is 3.47. The number of hydrogen-bond acceptors (Lipinski definition) is 3. The summed E-state index contributed by atoms with van der Waals surface area (Å²) in [4.78, 5) is 28.4. The Balaban J connectivity index is 1.79. The van der Waals surface area contributed by atoms with Crippen molar-refractivity contribution in [2.24, 2.45) is 0 Å². The van der Waals surface area contributed by atoms with Gasteiger partial charge in [-0.2, -0.15) is 0 Å². The van der Waals surface area contributed by atoms with Crippen molar-refractivity contribution in [1.29, 1.82) is 0 Å². The normalized spacial score (nSPS) is 17.1. The van der Waals surface area contributed by atoms with Gasteiger partial charge in [-0.3, -0.25) is 9.59 Å². The van der Waals surface area contributed by atoms with Gasteiger partial charge in [0.15, 0.2) is 0 Å². The lowest BCUT2D eigenvalue weighted by molar-refractivity contribution is -0.150. The summed E-state index contributed by atoms with van der Waals surface area (Å²) in [7, 11) is 3.46. The summed E-state index contributed by atoms with van der Waals surface area (Å²) in [6.45, 7) is 3.03. The van der Waals surface area contributed by atoms with Crippen LogP contribution >= 0.6 is 0 Å². The van der Waals surface area contributed by atoms with E-state index in [0.29, 0.717) is 25.9 Å². The number of carbonyl (C=O) groups is 2. The van der Waals surface area contributed by atoms with Gasteiger partial charge in [0.2, 0.25) is 11.8 Å². The molecule has 5 heteroatoms. The van der Waals surface area contributed by atoms with Gasteiger partial charge in [-0.1, -0.05) is 43.3 Å². The van der Waals surface area contributed by atoms with Gasteiger partial charge in [0.25, 0.3) is 0 Å². The van der Waals surface area contributed by atoms with E-state index in [0.717, 1.165) is 22.4 Å². The van der Waals surface area contributed by atoms with E-state index in [4.69, 9.17) is 4.74 Å². The number of likely N-dealkylation sites (N-methyl/N-ethyl adjacent to an activating group) is 1. The van der Waals surface area contributed by atoms with Crippen LogP contribution in [0.3, 0.4) is 0 Å². The Bertz CT molecular complexity index is 817. The van der Waals surface area contributed by atoms with Crippen LogP contribution in [0.1, 0.15) is 18.9 Å². The molecule has 1 aliphatic rings. The van der Waals surface area contributed by atoms with Gasteiger partial charge < -0.3 is 14.5 Å². The minimum Gasteiger partial charge on any atom is -0.497 e. The Morgan fingerprint density at radius 2 is 1.85 bits per heavy atom. The number of nitrogens with zero attached hydrogens (tertiary/aromatic N) is 2. The van der Waals surface area contributed by atoms with E-state index in [2.05, 4.69) is 0 Å². The van der Waals surface area contributed by atoms with E-state index >= 15 is 0 Å².